The number of para-hydroxylation sites is 3. The van der Waals surface area contributed by atoms with E-state index in [1.165, 1.54) is 49.6 Å². The van der Waals surface area contributed by atoms with Crippen molar-refractivity contribution in [2.45, 2.75) is 19.3 Å². The van der Waals surface area contributed by atoms with Gasteiger partial charge >= 0.3 is 0 Å². The molecule has 11 aromatic rings. The Morgan fingerprint density at radius 3 is 1.61 bits per heavy atom. The van der Waals surface area contributed by atoms with Crippen LogP contribution in [0.5, 0.6) is 0 Å². The van der Waals surface area contributed by atoms with E-state index < -0.39 is 0 Å². The van der Waals surface area contributed by atoms with Crippen molar-refractivity contribution in [3.8, 4) is 56.7 Å². The molecule has 3 aromatic heterocycles. The number of nitrogens with zero attached hydrogens (tertiary/aromatic N) is 5. The second-order valence-electron chi connectivity index (χ2n) is 16.1. The summed E-state index contributed by atoms with van der Waals surface area (Å²) in [7, 11) is 0. The number of benzene rings is 8. The van der Waals surface area contributed by atoms with Crippen LogP contribution in [0.15, 0.2) is 188 Å². The summed E-state index contributed by atoms with van der Waals surface area (Å²) >= 11 is 0. The van der Waals surface area contributed by atoms with E-state index in [0.29, 0.717) is 17.6 Å². The van der Waals surface area contributed by atoms with Crippen LogP contribution in [0.3, 0.4) is 0 Å². The Labute approximate surface area is 341 Å². The molecule has 12 rings (SSSR count). The highest BCUT2D eigenvalue weighted by atomic mass is 15.2. The van der Waals surface area contributed by atoms with Crippen LogP contribution in [0.25, 0.3) is 100 Å². The van der Waals surface area contributed by atoms with Crippen molar-refractivity contribution >= 4 is 43.6 Å². The highest BCUT2D eigenvalue weighted by Gasteiger charge is 2.37. The zero-order chi connectivity index (χ0) is 39.2. The summed E-state index contributed by atoms with van der Waals surface area (Å²) in [6.45, 7) is 4.62. The van der Waals surface area contributed by atoms with Crippen LogP contribution in [-0.2, 0) is 5.41 Å². The molecular formula is C54H37N5. The average molecular weight is 756 g/mol. The maximum absolute atomic E-state index is 5.38. The Balaban J connectivity index is 1.06. The summed E-state index contributed by atoms with van der Waals surface area (Å²) in [5, 5.41) is 4.76. The molecule has 5 heteroatoms. The molecule has 0 fully saturated rings. The van der Waals surface area contributed by atoms with Gasteiger partial charge in [0.1, 0.15) is 0 Å². The standard InChI is InChI=1S/C54H37N5/c1-54(2)44-24-12-9-22-40(44)50-41(23-15-25-45(50)54)52-55-51(34-16-5-3-6-17-34)56-53(57-52)59-47-27-14-11-21-39(47)43-33-36(29-31-49(43)59)35-28-30-48-42(32-35)38-20-10-13-26-46(38)58(48)37-18-7-4-8-19-37/h3-33H,1-2H3. The van der Waals surface area contributed by atoms with Crippen molar-refractivity contribution < 1.29 is 0 Å². The minimum Gasteiger partial charge on any atom is -0.309 e. The van der Waals surface area contributed by atoms with Gasteiger partial charge in [-0.1, -0.05) is 153 Å². The topological polar surface area (TPSA) is 48.5 Å². The summed E-state index contributed by atoms with van der Waals surface area (Å²) in [5.74, 6) is 1.88. The van der Waals surface area contributed by atoms with Gasteiger partial charge in [0.05, 0.1) is 22.1 Å². The van der Waals surface area contributed by atoms with E-state index >= 15 is 0 Å². The van der Waals surface area contributed by atoms with Crippen LogP contribution in [0.2, 0.25) is 0 Å². The van der Waals surface area contributed by atoms with E-state index in [-0.39, 0.29) is 5.41 Å². The van der Waals surface area contributed by atoms with Gasteiger partial charge in [0.25, 0.3) is 0 Å². The molecule has 0 atom stereocenters. The molecule has 1 aliphatic rings. The summed E-state index contributed by atoms with van der Waals surface area (Å²) < 4.78 is 4.57. The lowest BCUT2D eigenvalue weighted by molar-refractivity contribution is 0.660. The van der Waals surface area contributed by atoms with Gasteiger partial charge in [0.15, 0.2) is 11.6 Å². The third-order valence-electron chi connectivity index (χ3n) is 12.4. The molecule has 3 heterocycles. The average Bonchev–Trinajstić information content (AvgIpc) is 3.89. The molecule has 5 nitrogen and oxygen atoms in total. The third-order valence-corrected chi connectivity index (χ3v) is 12.4. The van der Waals surface area contributed by atoms with E-state index in [1.54, 1.807) is 0 Å². The molecule has 0 unspecified atom stereocenters. The summed E-state index contributed by atoms with van der Waals surface area (Å²) in [5.41, 5.74) is 14.8. The lowest BCUT2D eigenvalue weighted by atomic mass is 9.82. The molecule has 0 aliphatic heterocycles. The molecule has 0 saturated carbocycles. The highest BCUT2D eigenvalue weighted by molar-refractivity contribution is 6.12. The van der Waals surface area contributed by atoms with Crippen molar-refractivity contribution in [3.05, 3.63) is 199 Å². The van der Waals surface area contributed by atoms with Gasteiger partial charge in [0, 0.05) is 43.8 Å². The van der Waals surface area contributed by atoms with Crippen LogP contribution >= 0.6 is 0 Å². The summed E-state index contributed by atoms with van der Waals surface area (Å²) in [4.78, 5) is 15.9. The largest absolute Gasteiger partial charge is 0.309 e. The molecule has 1 aliphatic carbocycles. The highest BCUT2D eigenvalue weighted by Crippen LogP contribution is 2.51. The smallest absolute Gasteiger partial charge is 0.238 e. The van der Waals surface area contributed by atoms with Crippen molar-refractivity contribution in [2.75, 3.05) is 0 Å². The molecule has 0 saturated heterocycles. The van der Waals surface area contributed by atoms with Gasteiger partial charge in [-0.25, -0.2) is 4.98 Å². The summed E-state index contributed by atoms with van der Waals surface area (Å²) in [6.07, 6.45) is 0. The summed E-state index contributed by atoms with van der Waals surface area (Å²) in [6, 6.07) is 67.1. The predicted octanol–water partition coefficient (Wildman–Crippen LogP) is 13.4. The lowest BCUT2D eigenvalue weighted by Crippen LogP contribution is -2.14. The second-order valence-corrected chi connectivity index (χ2v) is 16.1. The van der Waals surface area contributed by atoms with Gasteiger partial charge in [0.2, 0.25) is 5.95 Å². The molecule has 59 heavy (non-hydrogen) atoms. The second kappa shape index (κ2) is 12.7. The first-order valence-corrected chi connectivity index (χ1v) is 20.2. The van der Waals surface area contributed by atoms with Crippen LogP contribution in [-0.4, -0.2) is 24.1 Å². The Hall–Kier alpha value is -7.63. The van der Waals surface area contributed by atoms with E-state index in [2.05, 4.69) is 193 Å². The number of fused-ring (bicyclic) bond motifs is 9. The zero-order valence-electron chi connectivity index (χ0n) is 32.6. The minimum atomic E-state index is -0.145. The van der Waals surface area contributed by atoms with Crippen molar-refractivity contribution in [2.24, 2.45) is 0 Å². The predicted molar refractivity (Wildman–Crippen MR) is 242 cm³/mol. The number of aromatic nitrogens is 5. The fraction of sp³-hybridized carbons (Fsp3) is 0.0556. The molecule has 0 amide bonds. The van der Waals surface area contributed by atoms with E-state index in [9.17, 15) is 0 Å². The molecule has 0 N–H and O–H groups in total. The lowest BCUT2D eigenvalue weighted by Gasteiger charge is -2.21. The molecular weight excluding hydrogens is 719 g/mol. The maximum Gasteiger partial charge on any atom is 0.238 e. The van der Waals surface area contributed by atoms with Crippen LogP contribution < -0.4 is 0 Å². The Kier molecular flexibility index (Phi) is 7.20. The Bertz CT molecular complexity index is 3470. The van der Waals surface area contributed by atoms with Gasteiger partial charge in [-0.05, 0) is 81.9 Å². The molecule has 278 valence electrons. The Morgan fingerprint density at radius 1 is 0.373 bits per heavy atom. The van der Waals surface area contributed by atoms with Gasteiger partial charge in [-0.3, -0.25) is 4.57 Å². The van der Waals surface area contributed by atoms with Crippen molar-refractivity contribution in [1.29, 1.82) is 0 Å². The normalized spacial score (nSPS) is 13.1. The van der Waals surface area contributed by atoms with Crippen molar-refractivity contribution in [1.82, 2.24) is 24.1 Å². The SMILES string of the molecule is CC1(C)c2ccccc2-c2c(-c3nc(-c4ccccc4)nc(-n4c5ccccc5c5cc(-c6ccc7c(c6)c6ccccc6n7-c6ccccc6)ccc54)n3)cccc21. The number of rotatable bonds is 5. The monoisotopic (exact) mass is 755 g/mol. The van der Waals surface area contributed by atoms with Crippen LogP contribution in [0.4, 0.5) is 0 Å². The van der Waals surface area contributed by atoms with Gasteiger partial charge < -0.3 is 4.57 Å². The minimum absolute atomic E-state index is 0.145. The first kappa shape index (κ1) is 33.5. The first-order valence-electron chi connectivity index (χ1n) is 20.2. The van der Waals surface area contributed by atoms with E-state index in [0.717, 1.165) is 44.2 Å². The van der Waals surface area contributed by atoms with Crippen LogP contribution in [0, 0.1) is 0 Å². The van der Waals surface area contributed by atoms with E-state index in [4.69, 9.17) is 15.0 Å². The number of hydrogen-bond acceptors (Lipinski definition) is 3. The van der Waals surface area contributed by atoms with Crippen LogP contribution in [0.1, 0.15) is 25.0 Å². The fourth-order valence-corrected chi connectivity index (χ4v) is 9.62. The maximum atomic E-state index is 5.38. The quantitative estimate of drug-likeness (QED) is 0.176. The van der Waals surface area contributed by atoms with Gasteiger partial charge in [-0.15, -0.1) is 0 Å². The molecule has 8 aromatic carbocycles. The first-order chi connectivity index (χ1) is 29.0. The zero-order valence-corrected chi connectivity index (χ0v) is 32.6. The Morgan fingerprint density at radius 2 is 0.898 bits per heavy atom. The fourth-order valence-electron chi connectivity index (χ4n) is 9.62. The molecule has 0 spiro atoms. The van der Waals surface area contributed by atoms with E-state index in [1.807, 2.05) is 18.2 Å². The molecule has 0 radical (unpaired) electrons. The van der Waals surface area contributed by atoms with Crippen molar-refractivity contribution in [3.63, 3.8) is 0 Å². The third kappa shape index (κ3) is 5.01. The van der Waals surface area contributed by atoms with Gasteiger partial charge in [-0.2, -0.15) is 9.97 Å². The number of hydrogen-bond donors (Lipinski definition) is 0. The molecule has 0 bridgehead atoms.